The molecule has 5 aromatic rings. The van der Waals surface area contributed by atoms with E-state index in [0.717, 1.165) is 23.8 Å². The van der Waals surface area contributed by atoms with Crippen molar-refractivity contribution < 1.29 is 49.9 Å². The highest BCUT2D eigenvalue weighted by Gasteiger charge is 2.43. The molecule has 2 aromatic heterocycles. The van der Waals surface area contributed by atoms with E-state index in [9.17, 15) is 19.1 Å². The molecule has 0 spiro atoms. The van der Waals surface area contributed by atoms with Crippen molar-refractivity contribution in [1.29, 1.82) is 5.26 Å². The molecular weight excluding hydrogens is 739 g/mol. The Kier molecular flexibility index (Phi) is 14.3. The molecule has 5 rings (SSSR count). The zero-order valence-electron chi connectivity index (χ0n) is 28.4. The third-order valence-electron chi connectivity index (χ3n) is 7.90. The maximum Gasteiger partial charge on any atom is 0.414 e. The fourth-order valence-corrected chi connectivity index (χ4v) is 6.26. The molecule has 1 unspecified atom stereocenters. The number of anilines is 1. The van der Waals surface area contributed by atoms with Crippen LogP contribution < -0.4 is 22.3 Å². The lowest BCUT2D eigenvalue weighted by molar-refractivity contribution is -0.727. The number of carbonyl (C=O) groups excluding carboxylic acids is 2. The zero-order chi connectivity index (χ0) is 36.0. The predicted octanol–water partition coefficient (Wildman–Crippen LogP) is 2.89. The van der Waals surface area contributed by atoms with Crippen molar-refractivity contribution in [3.8, 4) is 17.3 Å². The summed E-state index contributed by atoms with van der Waals surface area (Å²) in [5, 5.41) is 30.5. The van der Waals surface area contributed by atoms with E-state index >= 15 is 4.39 Å². The molecule has 0 bridgehead atoms. The molecule has 12 nitrogen and oxygen atoms in total. The highest BCUT2D eigenvalue weighted by molar-refractivity contribution is 7.10. The predicted molar refractivity (Wildman–Crippen MR) is 185 cm³/mol. The molecule has 0 fully saturated rings. The molecule has 274 valence electrons. The van der Waals surface area contributed by atoms with Crippen LogP contribution in [0.4, 0.5) is 19.3 Å². The quantitative estimate of drug-likeness (QED) is 0.111. The van der Waals surface area contributed by atoms with Gasteiger partial charge in [0, 0.05) is 40.0 Å². The lowest BCUT2D eigenvalue weighted by Gasteiger charge is -2.32. The number of nitrogens with one attached hydrogen (secondary N) is 1. The largest absolute Gasteiger partial charge is 1.00 e. The Hall–Kier alpha value is -4.98. The SMILES string of the molecule is CC(=O)OC(c1ccccc1NC(=O)OC[n+]1cnn(C[C@](O)(c2cc(F)ccc2F)[C@@H](C)c2nc(-c3ccc(C#N)cc3)cs2)c1)N(C)C.Cl.[Cl-]. The van der Waals surface area contributed by atoms with E-state index < -0.39 is 41.4 Å². The smallest absolute Gasteiger partial charge is 0.414 e. The number of hydrogen-bond acceptors (Lipinski definition) is 10. The standard InChI is InChI=1S/C35H33F2N7O5S.2ClH/c1-22(32-40-31(17-50-32)25-11-9-24(16-38)10-12-25)35(47,28-15-26(36)13-14-29(28)37)18-44-20-43(19-39-44)21-48-34(46)41-30-8-6-5-7-27(30)33(42(3)4)49-23(2)45;;/h5-15,17,19-20,22,33,47H,18,21H2,1-4H3;2*1H/t22-,33?,35+;;/m0../s1. The number of aliphatic hydroxyl groups is 1. The minimum Gasteiger partial charge on any atom is -1.00 e. The van der Waals surface area contributed by atoms with Gasteiger partial charge in [-0.15, -0.1) is 28.4 Å². The highest BCUT2D eigenvalue weighted by atomic mass is 35.5. The summed E-state index contributed by atoms with van der Waals surface area (Å²) in [6.45, 7) is 2.37. The summed E-state index contributed by atoms with van der Waals surface area (Å²) in [5.41, 5.74) is 0.454. The summed E-state index contributed by atoms with van der Waals surface area (Å²) in [4.78, 5) is 30.8. The minimum atomic E-state index is -2.03. The Morgan fingerprint density at radius 3 is 2.54 bits per heavy atom. The van der Waals surface area contributed by atoms with Gasteiger partial charge in [-0.25, -0.2) is 23.1 Å². The number of aromatic nitrogens is 4. The van der Waals surface area contributed by atoms with Gasteiger partial charge < -0.3 is 27.0 Å². The van der Waals surface area contributed by atoms with E-state index in [0.29, 0.717) is 27.5 Å². The van der Waals surface area contributed by atoms with Gasteiger partial charge in [-0.05, 0) is 50.5 Å². The first kappa shape index (κ1) is 41.4. The van der Waals surface area contributed by atoms with E-state index in [1.54, 1.807) is 79.8 Å². The normalized spacial score (nSPS) is 13.1. The maximum absolute atomic E-state index is 15.3. The van der Waals surface area contributed by atoms with Crippen molar-refractivity contribution >= 4 is 41.5 Å². The van der Waals surface area contributed by atoms with Crippen molar-refractivity contribution in [2.75, 3.05) is 19.4 Å². The summed E-state index contributed by atoms with van der Waals surface area (Å²) in [6.07, 6.45) is 1.24. The lowest BCUT2D eigenvalue weighted by Crippen LogP contribution is -3.00. The first-order valence-electron chi connectivity index (χ1n) is 15.3. The molecule has 0 aliphatic heterocycles. The number of hydrogen-bond donors (Lipinski definition) is 2. The van der Waals surface area contributed by atoms with Crippen LogP contribution >= 0.6 is 23.7 Å². The number of nitrogens with zero attached hydrogens (tertiary/aromatic N) is 6. The van der Waals surface area contributed by atoms with Gasteiger partial charge >= 0.3 is 12.1 Å². The molecule has 2 N–H and O–H groups in total. The summed E-state index contributed by atoms with van der Waals surface area (Å²) in [6, 6.07) is 18.6. The highest BCUT2D eigenvalue weighted by Crippen LogP contribution is 2.41. The lowest BCUT2D eigenvalue weighted by atomic mass is 9.82. The molecule has 0 aliphatic rings. The van der Waals surface area contributed by atoms with Crippen LogP contribution in [0, 0.1) is 23.0 Å². The molecule has 0 radical (unpaired) electrons. The zero-order valence-corrected chi connectivity index (χ0v) is 30.8. The fraction of sp³-hybridized carbons (Fsp3) is 0.257. The van der Waals surface area contributed by atoms with Crippen LogP contribution in [-0.4, -0.2) is 50.9 Å². The summed E-state index contributed by atoms with van der Waals surface area (Å²) < 4.78 is 43.3. The van der Waals surface area contributed by atoms with Crippen LogP contribution in [0.15, 0.2) is 84.8 Å². The molecular formula is C35H35Cl2F2N7O5S. The van der Waals surface area contributed by atoms with E-state index in [4.69, 9.17) is 14.7 Å². The van der Waals surface area contributed by atoms with Crippen molar-refractivity contribution in [3.63, 3.8) is 0 Å². The van der Waals surface area contributed by atoms with E-state index in [2.05, 4.69) is 21.5 Å². The molecule has 17 heteroatoms. The van der Waals surface area contributed by atoms with Gasteiger partial charge in [-0.3, -0.25) is 15.0 Å². The third-order valence-corrected chi connectivity index (χ3v) is 8.93. The number of thiazole rings is 1. The Balaban J connectivity index is 0.00000364. The van der Waals surface area contributed by atoms with Crippen LogP contribution in [0.2, 0.25) is 0 Å². The van der Waals surface area contributed by atoms with Crippen molar-refractivity contribution in [2.24, 2.45) is 0 Å². The average molecular weight is 775 g/mol. The Labute approximate surface area is 315 Å². The second-order valence-corrected chi connectivity index (χ2v) is 12.6. The number of halogens is 4. The second kappa shape index (κ2) is 18.0. The number of ether oxygens (including phenoxy) is 2. The van der Waals surface area contributed by atoms with Gasteiger partial charge in [0.15, 0.2) is 6.23 Å². The molecule has 3 atom stereocenters. The number of amides is 1. The number of benzene rings is 3. The van der Waals surface area contributed by atoms with Crippen molar-refractivity contribution in [3.05, 3.63) is 118 Å². The van der Waals surface area contributed by atoms with Crippen LogP contribution in [-0.2, 0) is 33.1 Å². The summed E-state index contributed by atoms with van der Waals surface area (Å²) in [7, 11) is 3.46. The molecule has 1 amide bonds. The second-order valence-electron chi connectivity index (χ2n) is 11.7. The molecule has 0 aliphatic carbocycles. The first-order chi connectivity index (χ1) is 23.9. The molecule has 0 saturated carbocycles. The fourth-order valence-electron chi connectivity index (χ4n) is 5.29. The molecule has 3 aromatic carbocycles. The number of carbonyl (C=O) groups is 2. The van der Waals surface area contributed by atoms with Crippen molar-refractivity contribution in [2.45, 2.75) is 44.9 Å². The van der Waals surface area contributed by atoms with Crippen molar-refractivity contribution in [1.82, 2.24) is 19.7 Å². The van der Waals surface area contributed by atoms with Crippen LogP contribution in [0.25, 0.3) is 11.3 Å². The Bertz CT molecular complexity index is 2040. The maximum atomic E-state index is 15.3. The van der Waals surface area contributed by atoms with E-state index in [-0.39, 0.29) is 43.7 Å². The Morgan fingerprint density at radius 1 is 1.15 bits per heavy atom. The van der Waals surface area contributed by atoms with Gasteiger partial charge in [0.1, 0.15) is 23.8 Å². The molecule has 52 heavy (non-hydrogen) atoms. The number of rotatable bonds is 12. The van der Waals surface area contributed by atoms with Gasteiger partial charge in [-0.1, -0.05) is 37.3 Å². The number of esters is 1. The van der Waals surface area contributed by atoms with Crippen LogP contribution in [0.1, 0.15) is 47.7 Å². The minimum absolute atomic E-state index is 0. The summed E-state index contributed by atoms with van der Waals surface area (Å²) >= 11 is 1.25. The summed E-state index contributed by atoms with van der Waals surface area (Å²) in [5.74, 6) is -2.87. The molecule has 2 heterocycles. The average Bonchev–Trinajstić information content (AvgIpc) is 3.77. The Morgan fingerprint density at radius 2 is 1.87 bits per heavy atom. The van der Waals surface area contributed by atoms with Gasteiger partial charge in [0.25, 0.3) is 6.33 Å². The van der Waals surface area contributed by atoms with E-state index in [1.165, 1.54) is 40.2 Å². The van der Waals surface area contributed by atoms with Crippen LogP contribution in [0.3, 0.4) is 0 Å². The topological polar surface area (TPSA) is 146 Å². The molecule has 0 saturated heterocycles. The number of nitriles is 1. The van der Waals surface area contributed by atoms with Gasteiger partial charge in [0.2, 0.25) is 13.1 Å². The third kappa shape index (κ3) is 9.66. The number of para-hydroxylation sites is 1. The van der Waals surface area contributed by atoms with Gasteiger partial charge in [0.05, 0.1) is 28.0 Å². The van der Waals surface area contributed by atoms with Gasteiger partial charge in [-0.2, -0.15) is 5.26 Å². The van der Waals surface area contributed by atoms with Crippen LogP contribution in [0.5, 0.6) is 0 Å². The monoisotopic (exact) mass is 773 g/mol. The first-order valence-corrected chi connectivity index (χ1v) is 16.2. The van der Waals surface area contributed by atoms with E-state index in [1.807, 2.05) is 0 Å².